The molecule has 0 saturated carbocycles. The Kier molecular flexibility index (Phi) is 6.53. The number of halogens is 1. The van der Waals surface area contributed by atoms with Crippen LogP contribution in [0.2, 0.25) is 0 Å². The zero-order valence-electron chi connectivity index (χ0n) is 19.0. The first-order chi connectivity index (χ1) is 16.7. The molecule has 1 aromatic heterocycles. The lowest BCUT2D eigenvalue weighted by Gasteiger charge is -2.16. The minimum Gasteiger partial charge on any atom is -0.493 e. The van der Waals surface area contributed by atoms with Crippen molar-refractivity contribution in [3.63, 3.8) is 0 Å². The van der Waals surface area contributed by atoms with Crippen LogP contribution in [0.5, 0.6) is 11.5 Å². The van der Waals surface area contributed by atoms with Crippen LogP contribution in [-0.4, -0.2) is 48.4 Å². The average molecular weight is 460 g/mol. The van der Waals surface area contributed by atoms with Crippen LogP contribution in [0.15, 0.2) is 71.3 Å². The van der Waals surface area contributed by atoms with Gasteiger partial charge in [-0.2, -0.15) is 4.98 Å². The second-order valence-electron chi connectivity index (χ2n) is 8.27. The van der Waals surface area contributed by atoms with Crippen molar-refractivity contribution >= 4 is 0 Å². The number of aromatic nitrogens is 2. The molecule has 0 amide bonds. The molecule has 0 radical (unpaired) electrons. The average Bonchev–Trinajstić information content (AvgIpc) is 3.58. The summed E-state index contributed by atoms with van der Waals surface area (Å²) in [4.78, 5) is 6.96. The van der Waals surface area contributed by atoms with E-state index in [4.69, 9.17) is 14.0 Å². The molecule has 34 heavy (non-hydrogen) atoms. The van der Waals surface area contributed by atoms with Gasteiger partial charge in [-0.05, 0) is 79.5 Å². The number of rotatable bonds is 8. The van der Waals surface area contributed by atoms with Crippen molar-refractivity contribution < 1.29 is 18.4 Å². The highest BCUT2D eigenvalue weighted by Gasteiger charge is 2.15. The fourth-order valence-electron chi connectivity index (χ4n) is 4.12. The van der Waals surface area contributed by atoms with Gasteiger partial charge in [0.2, 0.25) is 5.82 Å². The standard InChI is InChI=1S/C27H26FN3O3/c1-32-25-18-22(10-13-24(25)33-17-16-31-14-2-3-15-31)26-29-27(34-30-26)21-6-4-19(5-7-21)20-8-11-23(28)12-9-20/h4-13,18H,2-3,14-17H2,1H3. The van der Waals surface area contributed by atoms with E-state index in [0.717, 1.165) is 41.9 Å². The SMILES string of the molecule is COc1cc(-c2noc(-c3ccc(-c4ccc(F)cc4)cc3)n2)ccc1OCCN1CCCC1. The molecule has 0 bridgehead atoms. The summed E-state index contributed by atoms with van der Waals surface area (Å²) in [5.74, 6) is 1.97. The molecule has 7 heteroatoms. The normalized spacial score (nSPS) is 13.8. The summed E-state index contributed by atoms with van der Waals surface area (Å²) in [6, 6.07) is 19.8. The summed E-state index contributed by atoms with van der Waals surface area (Å²) in [7, 11) is 1.62. The molecule has 5 rings (SSSR count). The quantitative estimate of drug-likeness (QED) is 0.337. The Hall–Kier alpha value is -3.71. The molecule has 1 fully saturated rings. The van der Waals surface area contributed by atoms with Crippen LogP contribution in [0.3, 0.4) is 0 Å². The molecule has 0 atom stereocenters. The van der Waals surface area contributed by atoms with Gasteiger partial charge in [-0.3, -0.25) is 4.90 Å². The number of nitrogens with zero attached hydrogens (tertiary/aromatic N) is 3. The number of hydrogen-bond donors (Lipinski definition) is 0. The molecule has 3 aromatic carbocycles. The van der Waals surface area contributed by atoms with Crippen molar-refractivity contribution in [2.45, 2.75) is 12.8 Å². The molecule has 0 N–H and O–H groups in total. The molecule has 174 valence electrons. The van der Waals surface area contributed by atoms with E-state index in [1.165, 1.54) is 25.0 Å². The van der Waals surface area contributed by atoms with Gasteiger partial charge in [0.25, 0.3) is 5.89 Å². The number of hydrogen-bond acceptors (Lipinski definition) is 6. The van der Waals surface area contributed by atoms with Crippen LogP contribution >= 0.6 is 0 Å². The van der Waals surface area contributed by atoms with Gasteiger partial charge >= 0.3 is 0 Å². The van der Waals surface area contributed by atoms with Crippen LogP contribution in [0.25, 0.3) is 34.0 Å². The van der Waals surface area contributed by atoms with Gasteiger partial charge in [0.15, 0.2) is 11.5 Å². The van der Waals surface area contributed by atoms with Crippen LogP contribution in [0.4, 0.5) is 4.39 Å². The molecular weight excluding hydrogens is 433 g/mol. The predicted octanol–water partition coefficient (Wildman–Crippen LogP) is 5.69. The summed E-state index contributed by atoms with van der Waals surface area (Å²) in [5.41, 5.74) is 3.50. The lowest BCUT2D eigenvalue weighted by Crippen LogP contribution is -2.25. The topological polar surface area (TPSA) is 60.6 Å². The van der Waals surface area contributed by atoms with Crippen molar-refractivity contribution in [2.75, 3.05) is 33.4 Å². The molecule has 2 heterocycles. The monoisotopic (exact) mass is 459 g/mol. The third kappa shape index (κ3) is 4.94. The lowest BCUT2D eigenvalue weighted by atomic mass is 10.0. The molecule has 1 saturated heterocycles. The highest BCUT2D eigenvalue weighted by Crippen LogP contribution is 2.33. The highest BCUT2D eigenvalue weighted by molar-refractivity contribution is 5.68. The van der Waals surface area contributed by atoms with Crippen LogP contribution in [-0.2, 0) is 0 Å². The first-order valence-corrected chi connectivity index (χ1v) is 11.4. The Balaban J connectivity index is 1.28. The maximum Gasteiger partial charge on any atom is 0.258 e. The van der Waals surface area contributed by atoms with E-state index < -0.39 is 0 Å². The van der Waals surface area contributed by atoms with E-state index in [-0.39, 0.29) is 5.82 Å². The summed E-state index contributed by atoms with van der Waals surface area (Å²) in [5, 5.41) is 4.14. The van der Waals surface area contributed by atoms with E-state index >= 15 is 0 Å². The summed E-state index contributed by atoms with van der Waals surface area (Å²) < 4.78 is 30.2. The fourth-order valence-corrected chi connectivity index (χ4v) is 4.12. The van der Waals surface area contributed by atoms with Gasteiger partial charge in [-0.25, -0.2) is 4.39 Å². The third-order valence-corrected chi connectivity index (χ3v) is 6.02. The zero-order chi connectivity index (χ0) is 23.3. The molecule has 0 spiro atoms. The van der Waals surface area contributed by atoms with E-state index in [2.05, 4.69) is 15.0 Å². The fraction of sp³-hybridized carbons (Fsp3) is 0.259. The van der Waals surface area contributed by atoms with E-state index in [9.17, 15) is 4.39 Å². The smallest absolute Gasteiger partial charge is 0.258 e. The van der Waals surface area contributed by atoms with E-state index in [1.807, 2.05) is 42.5 Å². The minimum atomic E-state index is -0.253. The van der Waals surface area contributed by atoms with Crippen molar-refractivity contribution in [1.82, 2.24) is 15.0 Å². The predicted molar refractivity (Wildman–Crippen MR) is 128 cm³/mol. The first kappa shape index (κ1) is 22.1. The van der Waals surface area contributed by atoms with Crippen LogP contribution in [0, 0.1) is 5.82 Å². The Morgan fingerprint density at radius 1 is 0.853 bits per heavy atom. The van der Waals surface area contributed by atoms with E-state index in [0.29, 0.717) is 29.8 Å². The lowest BCUT2D eigenvalue weighted by molar-refractivity contribution is 0.230. The van der Waals surface area contributed by atoms with Gasteiger partial charge < -0.3 is 14.0 Å². The second-order valence-corrected chi connectivity index (χ2v) is 8.27. The maximum absolute atomic E-state index is 13.2. The zero-order valence-corrected chi connectivity index (χ0v) is 19.0. The molecule has 6 nitrogen and oxygen atoms in total. The Labute approximate surface area is 197 Å². The molecule has 0 unspecified atom stereocenters. The number of benzene rings is 3. The molecule has 1 aliphatic rings. The highest BCUT2D eigenvalue weighted by atomic mass is 19.1. The Morgan fingerprint density at radius 2 is 1.50 bits per heavy atom. The van der Waals surface area contributed by atoms with Crippen molar-refractivity contribution in [3.8, 4) is 45.5 Å². The third-order valence-electron chi connectivity index (χ3n) is 6.02. The molecule has 0 aliphatic carbocycles. The maximum atomic E-state index is 13.2. The summed E-state index contributed by atoms with van der Waals surface area (Å²) in [6.07, 6.45) is 2.53. The second kappa shape index (κ2) is 10.1. The van der Waals surface area contributed by atoms with Crippen LogP contribution < -0.4 is 9.47 Å². The van der Waals surface area contributed by atoms with Gasteiger partial charge in [0.1, 0.15) is 12.4 Å². The molecule has 4 aromatic rings. The number of methoxy groups -OCH3 is 1. The van der Waals surface area contributed by atoms with Gasteiger partial charge in [0, 0.05) is 17.7 Å². The van der Waals surface area contributed by atoms with Gasteiger partial charge in [0.05, 0.1) is 7.11 Å². The largest absolute Gasteiger partial charge is 0.493 e. The minimum absolute atomic E-state index is 0.253. The van der Waals surface area contributed by atoms with Gasteiger partial charge in [-0.15, -0.1) is 0 Å². The van der Waals surface area contributed by atoms with Crippen molar-refractivity contribution in [2.24, 2.45) is 0 Å². The summed E-state index contributed by atoms with van der Waals surface area (Å²) in [6.45, 7) is 3.83. The van der Waals surface area contributed by atoms with Crippen molar-refractivity contribution in [3.05, 3.63) is 72.5 Å². The van der Waals surface area contributed by atoms with Gasteiger partial charge in [-0.1, -0.05) is 29.4 Å². The number of ether oxygens (including phenoxy) is 2. The van der Waals surface area contributed by atoms with E-state index in [1.54, 1.807) is 19.2 Å². The van der Waals surface area contributed by atoms with Crippen LogP contribution in [0.1, 0.15) is 12.8 Å². The summed E-state index contributed by atoms with van der Waals surface area (Å²) >= 11 is 0. The molecule has 1 aliphatic heterocycles. The Morgan fingerprint density at radius 3 is 2.21 bits per heavy atom. The first-order valence-electron chi connectivity index (χ1n) is 11.4. The Bertz CT molecular complexity index is 1230. The van der Waals surface area contributed by atoms with Crippen molar-refractivity contribution in [1.29, 1.82) is 0 Å². The number of likely N-dealkylation sites (tertiary alicyclic amines) is 1. The molecular formula is C27H26FN3O3.